The Labute approximate surface area is 143 Å². The SMILES string of the molecule is C=Cc1ccc(S(=O)(=O)NCc2ccc(OCCOC)cc2)cc1. The highest BCUT2D eigenvalue weighted by atomic mass is 32.2. The number of hydrogen-bond acceptors (Lipinski definition) is 4. The van der Waals surface area contributed by atoms with E-state index in [1.165, 1.54) is 0 Å². The molecule has 0 spiro atoms. The average Bonchev–Trinajstić information content (AvgIpc) is 2.61. The standard InChI is InChI=1S/C18H21NO4S/c1-3-15-6-10-18(11-7-15)24(20,21)19-14-16-4-8-17(9-5-16)23-13-12-22-2/h3-11,19H,1,12-14H2,2H3. The average molecular weight is 347 g/mol. The van der Waals surface area contributed by atoms with Crippen LogP contribution in [0.25, 0.3) is 6.08 Å². The number of ether oxygens (including phenoxy) is 2. The van der Waals surface area contributed by atoms with Crippen molar-refractivity contribution in [2.75, 3.05) is 20.3 Å². The van der Waals surface area contributed by atoms with E-state index < -0.39 is 10.0 Å². The van der Waals surface area contributed by atoms with Crippen LogP contribution < -0.4 is 9.46 Å². The van der Waals surface area contributed by atoms with Crippen LogP contribution in [0.1, 0.15) is 11.1 Å². The van der Waals surface area contributed by atoms with Gasteiger partial charge in [-0.3, -0.25) is 0 Å². The molecule has 0 radical (unpaired) electrons. The maximum Gasteiger partial charge on any atom is 0.240 e. The summed E-state index contributed by atoms with van der Waals surface area (Å²) in [6, 6.07) is 13.8. The molecule has 0 amide bonds. The fraction of sp³-hybridized carbons (Fsp3) is 0.222. The molecule has 0 aromatic heterocycles. The molecule has 24 heavy (non-hydrogen) atoms. The zero-order chi connectivity index (χ0) is 17.4. The summed E-state index contributed by atoms with van der Waals surface area (Å²) in [5, 5.41) is 0. The molecule has 0 fully saturated rings. The predicted octanol–water partition coefficient (Wildman–Crippen LogP) is 2.83. The predicted molar refractivity (Wildman–Crippen MR) is 94.4 cm³/mol. The lowest BCUT2D eigenvalue weighted by Gasteiger charge is -2.09. The molecule has 0 unspecified atom stereocenters. The van der Waals surface area contributed by atoms with Gasteiger partial charge in [0.2, 0.25) is 10.0 Å². The van der Waals surface area contributed by atoms with Crippen LogP contribution >= 0.6 is 0 Å². The van der Waals surface area contributed by atoms with E-state index in [0.717, 1.165) is 16.9 Å². The van der Waals surface area contributed by atoms with E-state index in [-0.39, 0.29) is 11.4 Å². The van der Waals surface area contributed by atoms with Crippen LogP contribution in [-0.2, 0) is 21.3 Å². The lowest BCUT2D eigenvalue weighted by molar-refractivity contribution is 0.146. The van der Waals surface area contributed by atoms with Crippen molar-refractivity contribution in [2.24, 2.45) is 0 Å². The van der Waals surface area contributed by atoms with Crippen LogP contribution in [0, 0.1) is 0 Å². The topological polar surface area (TPSA) is 64.6 Å². The quantitative estimate of drug-likeness (QED) is 0.709. The van der Waals surface area contributed by atoms with Gasteiger partial charge < -0.3 is 9.47 Å². The Hall–Kier alpha value is -2.15. The van der Waals surface area contributed by atoms with Gasteiger partial charge in [0, 0.05) is 13.7 Å². The van der Waals surface area contributed by atoms with Crippen molar-refractivity contribution in [3.63, 3.8) is 0 Å². The molecule has 0 atom stereocenters. The third kappa shape index (κ3) is 5.19. The van der Waals surface area contributed by atoms with Crippen LogP contribution in [-0.4, -0.2) is 28.7 Å². The minimum atomic E-state index is -3.54. The van der Waals surface area contributed by atoms with Gasteiger partial charge in [0.1, 0.15) is 12.4 Å². The minimum Gasteiger partial charge on any atom is -0.491 e. The molecule has 0 aliphatic rings. The van der Waals surface area contributed by atoms with Crippen molar-refractivity contribution >= 4 is 16.1 Å². The van der Waals surface area contributed by atoms with Gasteiger partial charge in [-0.05, 0) is 35.4 Å². The first-order valence-electron chi connectivity index (χ1n) is 7.48. The molecule has 0 aliphatic heterocycles. The van der Waals surface area contributed by atoms with E-state index in [0.29, 0.717) is 13.2 Å². The van der Waals surface area contributed by atoms with E-state index in [1.54, 1.807) is 49.6 Å². The van der Waals surface area contributed by atoms with Gasteiger partial charge in [-0.15, -0.1) is 0 Å². The largest absolute Gasteiger partial charge is 0.491 e. The number of hydrogen-bond donors (Lipinski definition) is 1. The van der Waals surface area contributed by atoms with Gasteiger partial charge in [0.15, 0.2) is 0 Å². The van der Waals surface area contributed by atoms with Crippen molar-refractivity contribution in [3.05, 3.63) is 66.2 Å². The lowest BCUT2D eigenvalue weighted by Crippen LogP contribution is -2.23. The minimum absolute atomic E-state index is 0.212. The van der Waals surface area contributed by atoms with Crippen LogP contribution in [0.2, 0.25) is 0 Å². The van der Waals surface area contributed by atoms with Crippen molar-refractivity contribution in [2.45, 2.75) is 11.4 Å². The summed E-state index contributed by atoms with van der Waals surface area (Å²) in [5.41, 5.74) is 1.72. The Kier molecular flexibility index (Phi) is 6.54. The van der Waals surface area contributed by atoms with Crippen molar-refractivity contribution in [1.82, 2.24) is 4.72 Å². The molecule has 0 bridgehead atoms. The summed E-state index contributed by atoms with van der Waals surface area (Å²) in [7, 11) is -1.93. The highest BCUT2D eigenvalue weighted by Gasteiger charge is 2.13. The Morgan fingerprint density at radius 3 is 2.29 bits per heavy atom. The number of nitrogens with one attached hydrogen (secondary N) is 1. The first-order chi connectivity index (χ1) is 11.5. The molecule has 2 aromatic carbocycles. The number of rotatable bonds is 9. The Bertz CT molecular complexity index is 753. The fourth-order valence-corrected chi connectivity index (χ4v) is 3.01. The first kappa shape index (κ1) is 18.2. The second-order valence-corrected chi connectivity index (χ2v) is 6.85. The van der Waals surface area contributed by atoms with Gasteiger partial charge in [0.25, 0.3) is 0 Å². The third-order valence-electron chi connectivity index (χ3n) is 3.37. The van der Waals surface area contributed by atoms with E-state index in [2.05, 4.69) is 11.3 Å². The maximum absolute atomic E-state index is 12.3. The third-order valence-corrected chi connectivity index (χ3v) is 4.79. The highest BCUT2D eigenvalue weighted by molar-refractivity contribution is 7.89. The molecule has 2 aromatic rings. The molecule has 0 heterocycles. The summed E-state index contributed by atoms with van der Waals surface area (Å²) in [4.78, 5) is 0.229. The van der Waals surface area contributed by atoms with Gasteiger partial charge >= 0.3 is 0 Å². The van der Waals surface area contributed by atoms with Crippen LogP contribution in [0.15, 0.2) is 60.0 Å². The zero-order valence-electron chi connectivity index (χ0n) is 13.6. The monoisotopic (exact) mass is 347 g/mol. The van der Waals surface area contributed by atoms with Gasteiger partial charge in [-0.2, -0.15) is 0 Å². The maximum atomic E-state index is 12.3. The van der Waals surface area contributed by atoms with E-state index >= 15 is 0 Å². The Morgan fingerprint density at radius 2 is 1.71 bits per heavy atom. The molecule has 128 valence electrons. The number of sulfonamides is 1. The Morgan fingerprint density at radius 1 is 1.04 bits per heavy atom. The molecular formula is C18H21NO4S. The van der Waals surface area contributed by atoms with Crippen LogP contribution in [0.4, 0.5) is 0 Å². The summed E-state index contributed by atoms with van der Waals surface area (Å²) < 4.78 is 37.5. The molecular weight excluding hydrogens is 326 g/mol. The molecule has 6 heteroatoms. The van der Waals surface area contributed by atoms with Gasteiger partial charge in [0.05, 0.1) is 11.5 Å². The molecule has 0 saturated carbocycles. The van der Waals surface area contributed by atoms with E-state index in [4.69, 9.17) is 9.47 Å². The van der Waals surface area contributed by atoms with Crippen molar-refractivity contribution in [3.8, 4) is 5.75 Å². The second kappa shape index (κ2) is 8.63. The first-order valence-corrected chi connectivity index (χ1v) is 8.96. The normalized spacial score (nSPS) is 11.2. The van der Waals surface area contributed by atoms with Crippen molar-refractivity contribution < 1.29 is 17.9 Å². The Balaban J connectivity index is 1.94. The lowest BCUT2D eigenvalue weighted by atomic mass is 10.2. The summed E-state index contributed by atoms with van der Waals surface area (Å²) in [5.74, 6) is 0.721. The fourth-order valence-electron chi connectivity index (χ4n) is 1.99. The van der Waals surface area contributed by atoms with Crippen LogP contribution in [0.5, 0.6) is 5.75 Å². The van der Waals surface area contributed by atoms with E-state index in [1.807, 2.05) is 12.1 Å². The molecule has 5 nitrogen and oxygen atoms in total. The summed E-state index contributed by atoms with van der Waals surface area (Å²) >= 11 is 0. The molecule has 0 aliphatic carbocycles. The molecule has 0 saturated heterocycles. The zero-order valence-corrected chi connectivity index (χ0v) is 14.4. The van der Waals surface area contributed by atoms with Crippen LogP contribution in [0.3, 0.4) is 0 Å². The van der Waals surface area contributed by atoms with E-state index in [9.17, 15) is 8.42 Å². The smallest absolute Gasteiger partial charge is 0.240 e. The molecule has 1 N–H and O–H groups in total. The van der Waals surface area contributed by atoms with Crippen molar-refractivity contribution in [1.29, 1.82) is 0 Å². The number of methoxy groups -OCH3 is 1. The van der Waals surface area contributed by atoms with Gasteiger partial charge in [-0.25, -0.2) is 13.1 Å². The highest BCUT2D eigenvalue weighted by Crippen LogP contribution is 2.14. The van der Waals surface area contributed by atoms with Gasteiger partial charge in [-0.1, -0.05) is 36.9 Å². The summed E-state index contributed by atoms with van der Waals surface area (Å²) in [6.07, 6.45) is 1.67. The number of benzene rings is 2. The molecule has 2 rings (SSSR count). The second-order valence-electron chi connectivity index (χ2n) is 5.08. The summed E-state index contributed by atoms with van der Waals surface area (Å²) in [6.45, 7) is 4.85.